The van der Waals surface area contributed by atoms with Crippen molar-refractivity contribution in [2.24, 2.45) is 10.4 Å². The Labute approximate surface area is 148 Å². The number of nitrogens with zero attached hydrogens (tertiary/aromatic N) is 2. The van der Waals surface area contributed by atoms with E-state index in [9.17, 15) is 5.11 Å². The summed E-state index contributed by atoms with van der Waals surface area (Å²) in [5.41, 5.74) is 3.05. The van der Waals surface area contributed by atoms with E-state index in [0.29, 0.717) is 13.0 Å². The van der Waals surface area contributed by atoms with E-state index in [0.717, 1.165) is 17.0 Å². The zero-order chi connectivity index (χ0) is 17.1. The molecular weight excluding hydrogens is 330 g/mol. The number of β-amino-alcohol motifs (C(OH)–C–C–N with tert-alkyl or cyclic N) is 1. The Bertz CT molecular complexity index is 570. The summed E-state index contributed by atoms with van der Waals surface area (Å²) in [6.45, 7) is 6.61. The Balaban J connectivity index is 2.09. The summed E-state index contributed by atoms with van der Waals surface area (Å²) in [6.07, 6.45) is 2.83. The molecule has 1 heterocycles. The summed E-state index contributed by atoms with van der Waals surface area (Å²) in [7, 11) is 0. The van der Waals surface area contributed by atoms with Crippen molar-refractivity contribution in [3.63, 3.8) is 0 Å². The molecule has 23 heavy (non-hydrogen) atoms. The van der Waals surface area contributed by atoms with E-state index in [4.69, 9.17) is 23.8 Å². The van der Waals surface area contributed by atoms with Gasteiger partial charge >= 0.3 is 0 Å². The van der Waals surface area contributed by atoms with E-state index in [1.165, 1.54) is 0 Å². The van der Waals surface area contributed by atoms with Gasteiger partial charge in [0.15, 0.2) is 0 Å². The molecule has 0 spiro atoms. The Morgan fingerprint density at radius 3 is 2.57 bits per heavy atom. The van der Waals surface area contributed by atoms with Crippen LogP contribution < -0.4 is 5.43 Å². The lowest BCUT2D eigenvalue weighted by Crippen LogP contribution is -2.56. The summed E-state index contributed by atoms with van der Waals surface area (Å²) in [5.74, 6) is 0. The number of nitrogens with one attached hydrogen (secondary N) is 1. The summed E-state index contributed by atoms with van der Waals surface area (Å²) in [6, 6.07) is 7.76. The standard InChI is InChI=1S/C17H24ClN3OS/c1-16(2,3)17(22,11-21-15(10-23)19-12-20-21)9-8-13-4-6-14(18)7-5-13/h4-7,10,12,15,22H,8-9,11H2,1-3H3,(H,19,20). The molecular formula is C17H24ClN3OS. The highest BCUT2D eigenvalue weighted by Crippen LogP contribution is 2.35. The van der Waals surface area contributed by atoms with Crippen molar-refractivity contribution in [2.45, 2.75) is 45.4 Å². The third-order valence-corrected chi connectivity index (χ3v) is 4.96. The van der Waals surface area contributed by atoms with Gasteiger partial charge in [-0.3, -0.25) is 0 Å². The minimum atomic E-state index is -0.885. The van der Waals surface area contributed by atoms with Crippen molar-refractivity contribution < 1.29 is 5.11 Å². The van der Waals surface area contributed by atoms with Gasteiger partial charge in [0.2, 0.25) is 0 Å². The van der Waals surface area contributed by atoms with Gasteiger partial charge in [0.1, 0.15) is 6.17 Å². The SMILES string of the molecule is CC(C)(C)C(O)(CCc1ccc(Cl)cc1)CN1NC=NC1C=S. The molecule has 0 fully saturated rings. The van der Waals surface area contributed by atoms with E-state index in [2.05, 4.69) is 31.2 Å². The fourth-order valence-corrected chi connectivity index (χ4v) is 2.91. The molecule has 0 radical (unpaired) electrons. The third kappa shape index (κ3) is 4.51. The van der Waals surface area contributed by atoms with Crippen LogP contribution in [-0.2, 0) is 6.42 Å². The molecule has 1 aromatic carbocycles. The molecule has 0 aromatic heterocycles. The highest BCUT2D eigenvalue weighted by atomic mass is 35.5. The highest BCUT2D eigenvalue weighted by molar-refractivity contribution is 7.79. The lowest BCUT2D eigenvalue weighted by molar-refractivity contribution is -0.0910. The summed E-state index contributed by atoms with van der Waals surface area (Å²) >= 11 is 10.9. The van der Waals surface area contributed by atoms with Crippen LogP contribution >= 0.6 is 23.8 Å². The number of hydrogen-bond acceptors (Lipinski definition) is 5. The average molecular weight is 354 g/mol. The fraction of sp³-hybridized carbons (Fsp3) is 0.529. The fourth-order valence-electron chi connectivity index (χ4n) is 2.56. The number of aliphatic hydroxyl groups is 1. The minimum absolute atomic E-state index is 0.214. The molecule has 0 aliphatic carbocycles. The Kier molecular flexibility index (Phi) is 5.79. The van der Waals surface area contributed by atoms with Crippen molar-refractivity contribution in [1.29, 1.82) is 0 Å². The number of hydrogen-bond donors (Lipinski definition) is 2. The van der Waals surface area contributed by atoms with Gasteiger partial charge in [0, 0.05) is 10.4 Å². The van der Waals surface area contributed by atoms with Gasteiger partial charge in [0.05, 0.1) is 18.5 Å². The molecule has 0 amide bonds. The Hall–Kier alpha value is -1.01. The second-order valence-electron chi connectivity index (χ2n) is 6.99. The van der Waals surface area contributed by atoms with Crippen LogP contribution in [0.5, 0.6) is 0 Å². The summed E-state index contributed by atoms with van der Waals surface area (Å²) in [5, 5.41) is 15.5. The van der Waals surface area contributed by atoms with Crippen molar-refractivity contribution in [1.82, 2.24) is 10.4 Å². The Morgan fingerprint density at radius 1 is 1.35 bits per heavy atom. The maximum atomic E-state index is 11.3. The second-order valence-corrected chi connectivity index (χ2v) is 7.70. The first-order chi connectivity index (χ1) is 10.7. The largest absolute Gasteiger partial charge is 0.388 e. The zero-order valence-electron chi connectivity index (χ0n) is 13.8. The maximum Gasteiger partial charge on any atom is 0.149 e. The van der Waals surface area contributed by atoms with Gasteiger partial charge in [-0.25, -0.2) is 4.99 Å². The van der Waals surface area contributed by atoms with E-state index < -0.39 is 5.60 Å². The average Bonchev–Trinajstić information content (AvgIpc) is 2.92. The number of thiocarbonyl (C=S) groups is 1. The lowest BCUT2D eigenvalue weighted by Gasteiger charge is -2.43. The van der Waals surface area contributed by atoms with Gasteiger partial charge in [0.25, 0.3) is 0 Å². The first-order valence-corrected chi connectivity index (χ1v) is 8.57. The second kappa shape index (κ2) is 7.26. The van der Waals surface area contributed by atoms with Crippen LogP contribution in [0.4, 0.5) is 0 Å². The van der Waals surface area contributed by atoms with E-state index >= 15 is 0 Å². The van der Waals surface area contributed by atoms with Gasteiger partial charge in [-0.05, 0) is 36.0 Å². The molecule has 1 aliphatic heterocycles. The van der Waals surface area contributed by atoms with Crippen molar-refractivity contribution >= 4 is 35.5 Å². The van der Waals surface area contributed by atoms with Crippen molar-refractivity contribution in [2.75, 3.05) is 6.54 Å². The third-order valence-electron chi connectivity index (χ3n) is 4.46. The smallest absolute Gasteiger partial charge is 0.149 e. The van der Waals surface area contributed by atoms with Gasteiger partial charge in [-0.15, -0.1) is 0 Å². The quantitative estimate of drug-likeness (QED) is 0.771. The first-order valence-electron chi connectivity index (χ1n) is 7.72. The van der Waals surface area contributed by atoms with Crippen LogP contribution in [-0.4, -0.2) is 40.1 Å². The van der Waals surface area contributed by atoms with Gasteiger partial charge in [-0.1, -0.05) is 56.7 Å². The van der Waals surface area contributed by atoms with Crippen molar-refractivity contribution in [3.8, 4) is 0 Å². The monoisotopic (exact) mass is 353 g/mol. The van der Waals surface area contributed by atoms with Crippen LogP contribution in [0.1, 0.15) is 32.8 Å². The molecule has 6 heteroatoms. The molecule has 2 rings (SSSR count). The molecule has 2 unspecified atom stereocenters. The molecule has 0 bridgehead atoms. The molecule has 1 aliphatic rings. The van der Waals surface area contributed by atoms with Crippen LogP contribution in [0, 0.1) is 5.41 Å². The Morgan fingerprint density at radius 2 is 2.00 bits per heavy atom. The molecule has 126 valence electrons. The van der Waals surface area contributed by atoms with Gasteiger partial charge in [-0.2, -0.15) is 5.01 Å². The van der Waals surface area contributed by atoms with Crippen LogP contribution in [0.3, 0.4) is 0 Å². The zero-order valence-corrected chi connectivity index (χ0v) is 15.4. The predicted octanol–water partition coefficient (Wildman–Crippen LogP) is 3.22. The number of benzene rings is 1. The van der Waals surface area contributed by atoms with Crippen molar-refractivity contribution in [3.05, 3.63) is 34.9 Å². The van der Waals surface area contributed by atoms with Gasteiger partial charge < -0.3 is 10.5 Å². The lowest BCUT2D eigenvalue weighted by atomic mass is 9.73. The predicted molar refractivity (Wildman–Crippen MR) is 100.0 cm³/mol. The molecule has 2 N–H and O–H groups in total. The normalized spacial score (nSPS) is 21.0. The highest BCUT2D eigenvalue weighted by Gasteiger charge is 2.42. The molecule has 1 aromatic rings. The number of hydrazine groups is 1. The maximum absolute atomic E-state index is 11.3. The summed E-state index contributed by atoms with van der Waals surface area (Å²) < 4.78 is 0. The van der Waals surface area contributed by atoms with E-state index in [1.54, 1.807) is 11.7 Å². The van der Waals surface area contributed by atoms with Crippen LogP contribution in [0.2, 0.25) is 5.02 Å². The van der Waals surface area contributed by atoms with E-state index in [-0.39, 0.29) is 11.6 Å². The number of aliphatic imine (C=N–C) groups is 1. The first kappa shape index (κ1) is 18.3. The number of halogens is 1. The topological polar surface area (TPSA) is 47.9 Å². The summed E-state index contributed by atoms with van der Waals surface area (Å²) in [4.78, 5) is 4.23. The molecule has 0 saturated carbocycles. The molecule has 4 nitrogen and oxygen atoms in total. The van der Waals surface area contributed by atoms with Crippen LogP contribution in [0.25, 0.3) is 0 Å². The minimum Gasteiger partial charge on any atom is -0.388 e. The van der Waals surface area contributed by atoms with E-state index in [1.807, 2.05) is 29.3 Å². The number of aryl methyl sites for hydroxylation is 1. The molecule has 2 atom stereocenters. The van der Waals surface area contributed by atoms with Crippen LogP contribution in [0.15, 0.2) is 29.3 Å². The molecule has 0 saturated heterocycles. The number of rotatable bonds is 6.